The van der Waals surface area contributed by atoms with Gasteiger partial charge in [0, 0.05) is 24.9 Å². The number of nitrogens with zero attached hydrogens (tertiary/aromatic N) is 3. The molecule has 0 amide bonds. The summed E-state index contributed by atoms with van der Waals surface area (Å²) in [5.74, 6) is 0.813. The Morgan fingerprint density at radius 1 is 1.31 bits per heavy atom. The van der Waals surface area contributed by atoms with Crippen LogP contribution in [0.15, 0.2) is 29.5 Å². The van der Waals surface area contributed by atoms with Crippen LogP contribution in [0.3, 0.4) is 0 Å². The van der Waals surface area contributed by atoms with Crippen molar-refractivity contribution in [3.63, 3.8) is 0 Å². The molecule has 1 aliphatic heterocycles. The zero-order valence-electron chi connectivity index (χ0n) is 9.69. The lowest BCUT2D eigenvalue weighted by atomic mass is 10.2. The molecule has 4 nitrogen and oxygen atoms in total. The molecule has 1 aliphatic rings. The van der Waals surface area contributed by atoms with Crippen LogP contribution in [0, 0.1) is 0 Å². The second-order valence-corrected chi connectivity index (χ2v) is 4.16. The summed E-state index contributed by atoms with van der Waals surface area (Å²) in [6.45, 7) is 2.27. The molecule has 1 aromatic heterocycles. The second kappa shape index (κ2) is 5.61. The Morgan fingerprint density at radius 3 is 3.06 bits per heavy atom. The number of anilines is 1. The van der Waals surface area contributed by atoms with Crippen molar-refractivity contribution < 1.29 is 0 Å². The smallest absolute Gasteiger partial charge is 0.146 e. The Balaban J connectivity index is 1.92. The van der Waals surface area contributed by atoms with E-state index in [1.54, 1.807) is 6.20 Å². The van der Waals surface area contributed by atoms with Gasteiger partial charge in [0.25, 0.3) is 0 Å². The van der Waals surface area contributed by atoms with Crippen molar-refractivity contribution in [3.05, 3.63) is 24.4 Å². The summed E-state index contributed by atoms with van der Waals surface area (Å²) in [5.41, 5.74) is 4.26. The van der Waals surface area contributed by atoms with Gasteiger partial charge in [-0.05, 0) is 38.6 Å². The number of hydrogen-bond acceptors (Lipinski definition) is 4. The minimum absolute atomic E-state index is 0.813. The standard InChI is InChI=1S/C12H18N4/c1-16-9-4-5-11(7-10-16)14-15-12-6-2-3-8-13-12/h2-3,6,8H,4-5,7,9-10H2,1H3,(H,13,15). The number of aromatic nitrogens is 1. The Labute approximate surface area is 96.4 Å². The van der Waals surface area contributed by atoms with E-state index in [2.05, 4.69) is 27.5 Å². The highest BCUT2D eigenvalue weighted by atomic mass is 15.3. The maximum absolute atomic E-state index is 4.43. The number of hydrazone groups is 1. The summed E-state index contributed by atoms with van der Waals surface area (Å²) < 4.78 is 0. The van der Waals surface area contributed by atoms with E-state index >= 15 is 0 Å². The maximum atomic E-state index is 4.43. The van der Waals surface area contributed by atoms with E-state index in [1.807, 2.05) is 18.2 Å². The fourth-order valence-corrected chi connectivity index (χ4v) is 1.79. The molecule has 1 aromatic rings. The average molecular weight is 218 g/mol. The van der Waals surface area contributed by atoms with Crippen LogP contribution in [0.25, 0.3) is 0 Å². The van der Waals surface area contributed by atoms with Crippen molar-refractivity contribution in [2.45, 2.75) is 19.3 Å². The van der Waals surface area contributed by atoms with Crippen LogP contribution in [0.1, 0.15) is 19.3 Å². The van der Waals surface area contributed by atoms with Gasteiger partial charge in [0.2, 0.25) is 0 Å². The van der Waals surface area contributed by atoms with Gasteiger partial charge in [0.1, 0.15) is 5.82 Å². The summed E-state index contributed by atoms with van der Waals surface area (Å²) in [5, 5.41) is 4.43. The van der Waals surface area contributed by atoms with Crippen LogP contribution in [-0.4, -0.2) is 35.7 Å². The number of rotatable bonds is 2. The van der Waals surface area contributed by atoms with Crippen LogP contribution in [0.4, 0.5) is 5.82 Å². The first kappa shape index (κ1) is 11.1. The summed E-state index contributed by atoms with van der Waals surface area (Å²) in [6.07, 6.45) is 5.10. The van der Waals surface area contributed by atoms with Crippen LogP contribution < -0.4 is 5.43 Å². The Morgan fingerprint density at radius 2 is 2.25 bits per heavy atom. The molecule has 0 saturated carbocycles. The molecule has 2 heterocycles. The predicted octanol–water partition coefficient (Wildman–Crippen LogP) is 1.97. The normalized spacial score (nSPS) is 20.7. The highest BCUT2D eigenvalue weighted by molar-refractivity contribution is 5.85. The van der Waals surface area contributed by atoms with E-state index in [9.17, 15) is 0 Å². The molecule has 4 heteroatoms. The average Bonchev–Trinajstić information content (AvgIpc) is 2.53. The predicted molar refractivity (Wildman–Crippen MR) is 66.6 cm³/mol. The van der Waals surface area contributed by atoms with Gasteiger partial charge < -0.3 is 4.90 Å². The van der Waals surface area contributed by atoms with Gasteiger partial charge in [-0.15, -0.1) is 0 Å². The van der Waals surface area contributed by atoms with Gasteiger partial charge in [-0.3, -0.25) is 5.43 Å². The SMILES string of the molecule is CN1CCCC(=NNc2ccccn2)CC1. The zero-order valence-corrected chi connectivity index (χ0v) is 9.69. The first-order valence-electron chi connectivity index (χ1n) is 5.75. The first-order valence-corrected chi connectivity index (χ1v) is 5.75. The molecule has 0 radical (unpaired) electrons. The van der Waals surface area contributed by atoms with E-state index in [0.717, 1.165) is 25.2 Å². The number of hydrogen-bond donors (Lipinski definition) is 1. The number of pyridine rings is 1. The minimum Gasteiger partial charge on any atom is -0.306 e. The van der Waals surface area contributed by atoms with Crippen LogP contribution in [-0.2, 0) is 0 Å². The fraction of sp³-hybridized carbons (Fsp3) is 0.500. The van der Waals surface area contributed by atoms with Gasteiger partial charge in [0.15, 0.2) is 0 Å². The summed E-state index contributed by atoms with van der Waals surface area (Å²) in [4.78, 5) is 6.52. The molecule has 0 spiro atoms. The van der Waals surface area contributed by atoms with Crippen molar-refractivity contribution in [1.82, 2.24) is 9.88 Å². The lowest BCUT2D eigenvalue weighted by molar-refractivity contribution is 0.352. The van der Waals surface area contributed by atoms with Gasteiger partial charge in [0.05, 0.1) is 0 Å². The van der Waals surface area contributed by atoms with E-state index in [0.29, 0.717) is 0 Å². The monoisotopic (exact) mass is 218 g/mol. The molecule has 1 N–H and O–H groups in total. The van der Waals surface area contributed by atoms with Gasteiger partial charge in [-0.1, -0.05) is 6.07 Å². The maximum Gasteiger partial charge on any atom is 0.146 e. The van der Waals surface area contributed by atoms with Gasteiger partial charge in [-0.2, -0.15) is 5.10 Å². The highest BCUT2D eigenvalue weighted by Gasteiger charge is 2.09. The second-order valence-electron chi connectivity index (χ2n) is 4.16. The molecule has 0 unspecified atom stereocenters. The highest BCUT2D eigenvalue weighted by Crippen LogP contribution is 2.07. The molecule has 1 saturated heterocycles. The van der Waals surface area contributed by atoms with Crippen molar-refractivity contribution in [3.8, 4) is 0 Å². The molecular formula is C12H18N4. The fourth-order valence-electron chi connectivity index (χ4n) is 1.79. The number of likely N-dealkylation sites (tertiary alicyclic amines) is 1. The van der Waals surface area contributed by atoms with Crippen molar-refractivity contribution in [2.75, 3.05) is 25.6 Å². The lowest BCUT2D eigenvalue weighted by Gasteiger charge is -2.10. The quantitative estimate of drug-likeness (QED) is 0.771. The largest absolute Gasteiger partial charge is 0.306 e. The number of nitrogens with one attached hydrogen (secondary N) is 1. The Hall–Kier alpha value is -1.42. The first-order chi connectivity index (χ1) is 7.84. The third-order valence-electron chi connectivity index (χ3n) is 2.78. The molecular weight excluding hydrogens is 200 g/mol. The van der Waals surface area contributed by atoms with Crippen LogP contribution in [0.2, 0.25) is 0 Å². The third-order valence-corrected chi connectivity index (χ3v) is 2.78. The topological polar surface area (TPSA) is 40.5 Å². The molecule has 2 rings (SSSR count). The van der Waals surface area contributed by atoms with E-state index in [4.69, 9.17) is 0 Å². The molecule has 1 fully saturated rings. The summed E-state index contributed by atoms with van der Waals surface area (Å²) in [6, 6.07) is 5.78. The van der Waals surface area contributed by atoms with Crippen molar-refractivity contribution in [1.29, 1.82) is 0 Å². The molecule has 86 valence electrons. The summed E-state index contributed by atoms with van der Waals surface area (Å²) in [7, 11) is 2.16. The lowest BCUT2D eigenvalue weighted by Crippen LogP contribution is -2.18. The van der Waals surface area contributed by atoms with E-state index in [1.165, 1.54) is 18.7 Å². The van der Waals surface area contributed by atoms with E-state index < -0.39 is 0 Å². The van der Waals surface area contributed by atoms with Gasteiger partial charge in [-0.25, -0.2) is 4.98 Å². The minimum atomic E-state index is 0.813. The Bertz CT molecular complexity index is 347. The molecule has 0 bridgehead atoms. The molecule has 0 atom stereocenters. The van der Waals surface area contributed by atoms with Crippen LogP contribution >= 0.6 is 0 Å². The Kier molecular flexibility index (Phi) is 3.88. The third kappa shape index (κ3) is 3.31. The summed E-state index contributed by atoms with van der Waals surface area (Å²) >= 11 is 0. The van der Waals surface area contributed by atoms with E-state index in [-0.39, 0.29) is 0 Å². The van der Waals surface area contributed by atoms with Crippen molar-refractivity contribution >= 4 is 11.5 Å². The molecule has 0 aliphatic carbocycles. The van der Waals surface area contributed by atoms with Crippen molar-refractivity contribution in [2.24, 2.45) is 5.10 Å². The van der Waals surface area contributed by atoms with Crippen LogP contribution in [0.5, 0.6) is 0 Å². The van der Waals surface area contributed by atoms with Gasteiger partial charge >= 0.3 is 0 Å². The molecule has 16 heavy (non-hydrogen) atoms. The zero-order chi connectivity index (χ0) is 11.2. The molecule has 0 aromatic carbocycles.